The lowest BCUT2D eigenvalue weighted by Crippen LogP contribution is -2.04. The normalized spacial score (nSPS) is 11.0. The number of hydrogen-bond donors (Lipinski definition) is 1. The van der Waals surface area contributed by atoms with Gasteiger partial charge in [-0.25, -0.2) is 4.79 Å². The molecular formula is C14H7ClO4. The van der Waals surface area contributed by atoms with E-state index in [4.69, 9.17) is 21.1 Å². The van der Waals surface area contributed by atoms with Crippen molar-refractivity contribution in [2.45, 2.75) is 0 Å². The first-order valence-electron chi connectivity index (χ1n) is 5.46. The summed E-state index contributed by atoms with van der Waals surface area (Å²) in [5, 5.41) is 10.0. The summed E-state index contributed by atoms with van der Waals surface area (Å²) in [7, 11) is 0. The number of halogens is 1. The van der Waals surface area contributed by atoms with Gasteiger partial charge in [-0.05, 0) is 30.3 Å². The second kappa shape index (κ2) is 4.10. The van der Waals surface area contributed by atoms with E-state index in [-0.39, 0.29) is 16.4 Å². The summed E-state index contributed by atoms with van der Waals surface area (Å²) in [6.45, 7) is 0. The summed E-state index contributed by atoms with van der Waals surface area (Å²) < 4.78 is 5.57. The molecule has 0 aliphatic rings. The maximum Gasteiger partial charge on any atom is 0.335 e. The number of aromatic carboxylic acids is 1. The zero-order valence-electron chi connectivity index (χ0n) is 9.51. The zero-order valence-corrected chi connectivity index (χ0v) is 10.3. The Morgan fingerprint density at radius 3 is 2.58 bits per heavy atom. The highest BCUT2D eigenvalue weighted by molar-refractivity contribution is 6.31. The molecule has 0 fully saturated rings. The Morgan fingerprint density at radius 2 is 1.84 bits per heavy atom. The van der Waals surface area contributed by atoms with Crippen LogP contribution in [0.2, 0.25) is 5.02 Å². The summed E-state index contributed by atoms with van der Waals surface area (Å²) in [4.78, 5) is 23.2. The Labute approximate surface area is 111 Å². The third-order valence-corrected chi connectivity index (χ3v) is 3.11. The molecule has 1 N–H and O–H groups in total. The number of fused-ring (bicyclic) bond motifs is 2. The maximum atomic E-state index is 12.3. The Kier molecular flexibility index (Phi) is 2.54. The molecule has 0 aliphatic heterocycles. The maximum absolute atomic E-state index is 12.3. The predicted octanol–water partition coefficient (Wildman–Crippen LogP) is 3.30. The number of hydrogen-bond acceptors (Lipinski definition) is 3. The number of carboxylic acids is 1. The van der Waals surface area contributed by atoms with Crippen molar-refractivity contribution >= 4 is 39.5 Å². The lowest BCUT2D eigenvalue weighted by atomic mass is 10.1. The van der Waals surface area contributed by atoms with Crippen LogP contribution in [-0.4, -0.2) is 11.1 Å². The van der Waals surface area contributed by atoms with Gasteiger partial charge in [-0.15, -0.1) is 0 Å². The van der Waals surface area contributed by atoms with Crippen LogP contribution in [0.3, 0.4) is 0 Å². The molecule has 0 atom stereocenters. The highest BCUT2D eigenvalue weighted by atomic mass is 35.5. The lowest BCUT2D eigenvalue weighted by Gasteiger charge is -2.02. The molecule has 19 heavy (non-hydrogen) atoms. The van der Waals surface area contributed by atoms with Crippen LogP contribution in [0.4, 0.5) is 0 Å². The van der Waals surface area contributed by atoms with Gasteiger partial charge in [0.15, 0.2) is 0 Å². The van der Waals surface area contributed by atoms with E-state index in [0.29, 0.717) is 21.6 Å². The Balaban J connectivity index is 2.47. The molecule has 4 nitrogen and oxygen atoms in total. The minimum Gasteiger partial charge on any atom is -0.478 e. The van der Waals surface area contributed by atoms with Gasteiger partial charge < -0.3 is 9.52 Å². The first-order chi connectivity index (χ1) is 9.06. The number of rotatable bonds is 1. The fourth-order valence-electron chi connectivity index (χ4n) is 1.96. The summed E-state index contributed by atoms with van der Waals surface area (Å²) in [6, 6.07) is 8.90. The first kappa shape index (κ1) is 11.7. The highest BCUT2D eigenvalue weighted by Gasteiger charge is 2.11. The Morgan fingerprint density at radius 1 is 1.05 bits per heavy atom. The second-order valence-electron chi connectivity index (χ2n) is 4.09. The van der Waals surface area contributed by atoms with Crippen molar-refractivity contribution in [1.82, 2.24) is 0 Å². The summed E-state index contributed by atoms with van der Waals surface area (Å²) >= 11 is 5.85. The molecule has 0 radical (unpaired) electrons. The van der Waals surface area contributed by atoms with Crippen LogP contribution in [0, 0.1) is 0 Å². The molecule has 94 valence electrons. The smallest absolute Gasteiger partial charge is 0.335 e. The lowest BCUT2D eigenvalue weighted by molar-refractivity contribution is 0.0697. The van der Waals surface area contributed by atoms with Gasteiger partial charge in [-0.2, -0.15) is 0 Å². The molecule has 3 rings (SSSR count). The Hall–Kier alpha value is -2.33. The van der Waals surface area contributed by atoms with Gasteiger partial charge in [0.2, 0.25) is 5.43 Å². The molecule has 1 aromatic heterocycles. The van der Waals surface area contributed by atoms with Crippen molar-refractivity contribution in [3.8, 4) is 0 Å². The standard InChI is InChI=1S/C14H7ClO4/c15-8-2-3-9-12(6-8)19-11-4-1-7(14(17)18)5-10(11)13(9)16/h1-6H,(H,17,18). The van der Waals surface area contributed by atoms with Gasteiger partial charge in [0.1, 0.15) is 11.2 Å². The SMILES string of the molecule is O=C(O)c1ccc2oc3cc(Cl)ccc3c(=O)c2c1. The average molecular weight is 275 g/mol. The molecule has 0 bridgehead atoms. The number of carbonyl (C=O) groups is 1. The van der Waals surface area contributed by atoms with Crippen LogP contribution < -0.4 is 5.43 Å². The molecule has 3 aromatic rings. The minimum absolute atomic E-state index is 0.0492. The van der Waals surface area contributed by atoms with Crippen molar-refractivity contribution < 1.29 is 14.3 Å². The van der Waals surface area contributed by atoms with E-state index >= 15 is 0 Å². The molecule has 0 aliphatic carbocycles. The van der Waals surface area contributed by atoms with E-state index in [2.05, 4.69) is 0 Å². The van der Waals surface area contributed by atoms with Gasteiger partial charge >= 0.3 is 5.97 Å². The van der Waals surface area contributed by atoms with Gasteiger partial charge in [0, 0.05) is 11.1 Å². The van der Waals surface area contributed by atoms with E-state index in [0.717, 1.165) is 0 Å². The quantitative estimate of drug-likeness (QED) is 0.691. The fourth-order valence-corrected chi connectivity index (χ4v) is 2.12. The molecule has 0 saturated heterocycles. The van der Waals surface area contributed by atoms with E-state index in [1.807, 2.05) is 0 Å². The monoisotopic (exact) mass is 274 g/mol. The van der Waals surface area contributed by atoms with E-state index in [1.165, 1.54) is 18.2 Å². The topological polar surface area (TPSA) is 67.5 Å². The van der Waals surface area contributed by atoms with Gasteiger partial charge in [-0.3, -0.25) is 4.79 Å². The molecule has 2 aromatic carbocycles. The molecule has 1 heterocycles. The highest BCUT2D eigenvalue weighted by Crippen LogP contribution is 2.22. The third kappa shape index (κ3) is 1.86. The second-order valence-corrected chi connectivity index (χ2v) is 4.52. The van der Waals surface area contributed by atoms with Crippen LogP contribution in [0.1, 0.15) is 10.4 Å². The number of benzene rings is 2. The van der Waals surface area contributed by atoms with Crippen molar-refractivity contribution in [2.75, 3.05) is 0 Å². The third-order valence-electron chi connectivity index (χ3n) is 2.88. The van der Waals surface area contributed by atoms with Gasteiger partial charge in [-0.1, -0.05) is 11.6 Å². The van der Waals surface area contributed by atoms with Crippen LogP contribution in [0.25, 0.3) is 21.9 Å². The minimum atomic E-state index is -1.09. The van der Waals surface area contributed by atoms with Gasteiger partial charge in [0.25, 0.3) is 0 Å². The molecule has 0 unspecified atom stereocenters. The predicted molar refractivity (Wildman–Crippen MR) is 72.0 cm³/mol. The van der Waals surface area contributed by atoms with Crippen molar-refractivity contribution in [3.05, 3.63) is 57.2 Å². The van der Waals surface area contributed by atoms with Crippen LogP contribution in [-0.2, 0) is 0 Å². The average Bonchev–Trinajstić information content (AvgIpc) is 2.38. The van der Waals surface area contributed by atoms with Crippen LogP contribution in [0.15, 0.2) is 45.6 Å². The van der Waals surface area contributed by atoms with Gasteiger partial charge in [0.05, 0.1) is 16.3 Å². The van der Waals surface area contributed by atoms with Crippen molar-refractivity contribution in [2.24, 2.45) is 0 Å². The van der Waals surface area contributed by atoms with E-state index in [1.54, 1.807) is 18.2 Å². The van der Waals surface area contributed by atoms with E-state index < -0.39 is 5.97 Å². The first-order valence-corrected chi connectivity index (χ1v) is 5.83. The van der Waals surface area contributed by atoms with Crippen molar-refractivity contribution in [3.63, 3.8) is 0 Å². The molecule has 0 spiro atoms. The Bertz CT molecular complexity index is 880. The largest absolute Gasteiger partial charge is 0.478 e. The summed E-state index contributed by atoms with van der Waals surface area (Å²) in [6.07, 6.45) is 0. The molecular weight excluding hydrogens is 268 g/mol. The molecule has 5 heteroatoms. The van der Waals surface area contributed by atoms with E-state index in [9.17, 15) is 9.59 Å². The molecule has 0 amide bonds. The summed E-state index contributed by atoms with van der Waals surface area (Å²) in [5.74, 6) is -1.09. The van der Waals surface area contributed by atoms with Crippen LogP contribution in [0.5, 0.6) is 0 Å². The zero-order chi connectivity index (χ0) is 13.6. The fraction of sp³-hybridized carbons (Fsp3) is 0. The summed E-state index contributed by atoms with van der Waals surface area (Å²) in [5.41, 5.74) is 0.502. The molecule has 0 saturated carbocycles. The number of carboxylic acid groups (broad SMARTS) is 1. The van der Waals surface area contributed by atoms with Crippen LogP contribution >= 0.6 is 11.6 Å². The van der Waals surface area contributed by atoms with Crippen molar-refractivity contribution in [1.29, 1.82) is 0 Å².